The van der Waals surface area contributed by atoms with E-state index in [1.807, 2.05) is 0 Å². The molecular weight excluding hydrogens is 400 g/mol. The van der Waals surface area contributed by atoms with Crippen LogP contribution < -0.4 is 10.6 Å². The Morgan fingerprint density at radius 2 is 1.79 bits per heavy atom. The Hall–Kier alpha value is -2.78. The quantitative estimate of drug-likeness (QED) is 0.582. The summed E-state index contributed by atoms with van der Waals surface area (Å²) in [5.74, 6) is -1.44. The number of hydrogen-bond donors (Lipinski definition) is 2. The van der Waals surface area contributed by atoms with Gasteiger partial charge in [0, 0.05) is 10.4 Å². The number of hydrogen-bond acceptors (Lipinski definition) is 7. The van der Waals surface area contributed by atoms with E-state index in [-0.39, 0.29) is 16.2 Å². The Balaban J connectivity index is 1.74. The Kier molecular flexibility index (Phi) is 6.05. The first-order valence-electron chi connectivity index (χ1n) is 8.48. The van der Waals surface area contributed by atoms with Crippen molar-refractivity contribution in [1.82, 2.24) is 5.32 Å². The van der Waals surface area contributed by atoms with Crippen LogP contribution in [0.25, 0.3) is 0 Å². The number of carbonyl (C=O) groups excluding carboxylic acids is 3. The summed E-state index contributed by atoms with van der Waals surface area (Å²) >= 11 is 6.67. The van der Waals surface area contributed by atoms with E-state index in [1.165, 1.54) is 31.6 Å². The maximum atomic E-state index is 12.4. The second-order valence-corrected chi connectivity index (χ2v) is 7.55. The topological polar surface area (TPSA) is 93.7 Å². The number of thiophene rings is 1. The highest BCUT2D eigenvalue weighted by Crippen LogP contribution is 2.39. The maximum Gasteiger partial charge on any atom is 0.341 e. The van der Waals surface area contributed by atoms with E-state index in [1.54, 1.807) is 18.2 Å². The molecule has 0 saturated heterocycles. The van der Waals surface area contributed by atoms with Gasteiger partial charge in [-0.1, -0.05) is 6.07 Å². The Bertz CT molecular complexity index is 967. The lowest BCUT2D eigenvalue weighted by Crippen LogP contribution is -2.34. The van der Waals surface area contributed by atoms with E-state index in [2.05, 4.69) is 15.4 Å². The summed E-state index contributed by atoms with van der Waals surface area (Å²) < 4.78 is 9.55. The zero-order chi connectivity index (χ0) is 20.3. The third-order valence-corrected chi connectivity index (χ3v) is 5.72. The molecule has 1 aromatic heterocycles. The van der Waals surface area contributed by atoms with Crippen molar-refractivity contribution in [1.29, 1.82) is 0 Å². The molecule has 2 aromatic rings. The van der Waals surface area contributed by atoms with Crippen molar-refractivity contribution < 1.29 is 23.9 Å². The summed E-state index contributed by atoms with van der Waals surface area (Å²) in [5, 5.41) is 6.11. The Morgan fingerprint density at radius 1 is 1.07 bits per heavy atom. The second-order valence-electron chi connectivity index (χ2n) is 6.03. The summed E-state index contributed by atoms with van der Waals surface area (Å²) in [5.41, 5.74) is 1.98. The van der Waals surface area contributed by atoms with Crippen LogP contribution in [0.5, 0.6) is 0 Å². The van der Waals surface area contributed by atoms with Gasteiger partial charge in [-0.25, -0.2) is 9.59 Å². The van der Waals surface area contributed by atoms with Crippen LogP contribution in [0.4, 0.5) is 5.00 Å². The van der Waals surface area contributed by atoms with Gasteiger partial charge in [0.15, 0.2) is 5.11 Å². The van der Waals surface area contributed by atoms with E-state index >= 15 is 0 Å². The van der Waals surface area contributed by atoms with Crippen LogP contribution >= 0.6 is 23.6 Å². The predicted molar refractivity (Wildman–Crippen MR) is 109 cm³/mol. The first kappa shape index (κ1) is 20.0. The molecule has 1 amide bonds. The number of nitrogens with one attached hydrogen (secondary N) is 2. The third kappa shape index (κ3) is 4.05. The molecule has 0 aliphatic heterocycles. The maximum absolute atomic E-state index is 12.4. The molecule has 0 radical (unpaired) electrons. The highest BCUT2D eigenvalue weighted by molar-refractivity contribution is 7.80. The van der Waals surface area contributed by atoms with Crippen LogP contribution in [0.3, 0.4) is 0 Å². The standard InChI is InChI=1S/C19H18N2O5S2/c1-25-17(23)11-6-3-5-10(9-11)15(22)20-19(27)21-16-14(18(24)26-2)12-7-4-8-13(12)28-16/h3,5-6,9H,4,7-8H2,1-2H3,(H2,20,21,22,27). The first-order valence-corrected chi connectivity index (χ1v) is 9.70. The summed E-state index contributed by atoms with van der Waals surface area (Å²) in [6.45, 7) is 0. The molecule has 28 heavy (non-hydrogen) atoms. The fraction of sp³-hybridized carbons (Fsp3) is 0.263. The second kappa shape index (κ2) is 8.49. The van der Waals surface area contributed by atoms with Crippen molar-refractivity contribution in [3.8, 4) is 0 Å². The van der Waals surface area contributed by atoms with Gasteiger partial charge in [0.05, 0.1) is 25.3 Å². The molecular formula is C19H18N2O5S2. The van der Waals surface area contributed by atoms with Crippen molar-refractivity contribution in [3.63, 3.8) is 0 Å². The van der Waals surface area contributed by atoms with Crippen LogP contribution in [-0.2, 0) is 22.3 Å². The van der Waals surface area contributed by atoms with E-state index in [0.717, 1.165) is 29.7 Å². The number of esters is 2. The van der Waals surface area contributed by atoms with Gasteiger partial charge in [-0.2, -0.15) is 0 Å². The summed E-state index contributed by atoms with van der Waals surface area (Å²) in [4.78, 5) is 37.4. The predicted octanol–water partition coefficient (Wildman–Crippen LogP) is 2.94. The lowest BCUT2D eigenvalue weighted by Gasteiger charge is -2.11. The van der Waals surface area contributed by atoms with E-state index in [4.69, 9.17) is 17.0 Å². The van der Waals surface area contributed by atoms with Crippen LogP contribution in [0.1, 0.15) is 47.9 Å². The van der Waals surface area contributed by atoms with Crippen molar-refractivity contribution in [3.05, 3.63) is 51.4 Å². The number of aryl methyl sites for hydroxylation is 1. The minimum Gasteiger partial charge on any atom is -0.465 e. The average Bonchev–Trinajstić information content (AvgIpc) is 3.27. The number of amides is 1. The van der Waals surface area contributed by atoms with Gasteiger partial charge in [-0.3, -0.25) is 10.1 Å². The minimum absolute atomic E-state index is 0.0542. The van der Waals surface area contributed by atoms with E-state index < -0.39 is 17.8 Å². The highest BCUT2D eigenvalue weighted by atomic mass is 32.1. The van der Waals surface area contributed by atoms with Gasteiger partial charge in [-0.15, -0.1) is 11.3 Å². The number of carbonyl (C=O) groups is 3. The van der Waals surface area contributed by atoms with Crippen LogP contribution in [-0.4, -0.2) is 37.2 Å². The molecule has 3 rings (SSSR count). The lowest BCUT2D eigenvalue weighted by molar-refractivity contribution is 0.0592. The van der Waals surface area contributed by atoms with Gasteiger partial charge in [0.25, 0.3) is 5.91 Å². The fourth-order valence-electron chi connectivity index (χ4n) is 3.03. The van der Waals surface area contributed by atoms with Crippen molar-refractivity contribution in [2.45, 2.75) is 19.3 Å². The molecule has 2 N–H and O–H groups in total. The van der Waals surface area contributed by atoms with Crippen molar-refractivity contribution in [2.24, 2.45) is 0 Å². The Labute approximate surface area is 171 Å². The third-order valence-electron chi connectivity index (χ3n) is 4.31. The molecule has 0 fully saturated rings. The number of ether oxygens (including phenoxy) is 2. The lowest BCUT2D eigenvalue weighted by atomic mass is 10.1. The smallest absolute Gasteiger partial charge is 0.341 e. The monoisotopic (exact) mass is 418 g/mol. The van der Waals surface area contributed by atoms with E-state index in [0.29, 0.717) is 10.6 Å². The van der Waals surface area contributed by atoms with Crippen molar-refractivity contribution >= 4 is 51.5 Å². The number of anilines is 1. The number of rotatable bonds is 4. The summed E-state index contributed by atoms with van der Waals surface area (Å²) in [6.07, 6.45) is 2.73. The molecule has 7 nitrogen and oxygen atoms in total. The molecule has 0 saturated carbocycles. The normalized spacial score (nSPS) is 12.1. The molecule has 0 unspecified atom stereocenters. The highest BCUT2D eigenvalue weighted by Gasteiger charge is 2.27. The molecule has 0 spiro atoms. The van der Waals surface area contributed by atoms with Gasteiger partial charge in [0.2, 0.25) is 0 Å². The molecule has 146 valence electrons. The number of fused-ring (bicyclic) bond motifs is 1. The van der Waals surface area contributed by atoms with E-state index in [9.17, 15) is 14.4 Å². The van der Waals surface area contributed by atoms with Crippen LogP contribution in [0, 0.1) is 0 Å². The number of benzene rings is 1. The van der Waals surface area contributed by atoms with Crippen molar-refractivity contribution in [2.75, 3.05) is 19.5 Å². The SMILES string of the molecule is COC(=O)c1cccc(C(=O)NC(=S)Nc2sc3c(c2C(=O)OC)CCC3)c1. The fourth-order valence-corrected chi connectivity index (χ4v) is 4.57. The van der Waals surface area contributed by atoms with Gasteiger partial charge in [0.1, 0.15) is 5.00 Å². The molecule has 0 atom stereocenters. The zero-order valence-corrected chi connectivity index (χ0v) is 16.9. The van der Waals surface area contributed by atoms with Gasteiger partial charge in [-0.05, 0) is 55.2 Å². The van der Waals surface area contributed by atoms with Gasteiger partial charge < -0.3 is 14.8 Å². The molecule has 1 aromatic carbocycles. The minimum atomic E-state index is -0.536. The molecule has 0 bridgehead atoms. The largest absolute Gasteiger partial charge is 0.465 e. The molecule has 1 aliphatic carbocycles. The Morgan fingerprint density at radius 3 is 2.50 bits per heavy atom. The molecule has 1 aliphatic rings. The zero-order valence-electron chi connectivity index (χ0n) is 15.3. The van der Waals surface area contributed by atoms with Crippen LogP contribution in [0.15, 0.2) is 24.3 Å². The molecule has 9 heteroatoms. The average molecular weight is 418 g/mol. The van der Waals surface area contributed by atoms with Gasteiger partial charge >= 0.3 is 11.9 Å². The number of thiocarbonyl (C=S) groups is 1. The summed E-state index contributed by atoms with van der Waals surface area (Å²) in [7, 11) is 2.60. The van der Waals surface area contributed by atoms with Crippen LogP contribution in [0.2, 0.25) is 0 Å². The first-order chi connectivity index (χ1) is 13.4. The molecule has 1 heterocycles. The number of methoxy groups -OCH3 is 2. The summed E-state index contributed by atoms with van der Waals surface area (Å²) in [6, 6.07) is 6.11.